The number of hydrogen-bond donors (Lipinski definition) is 0. The predicted octanol–water partition coefficient (Wildman–Crippen LogP) is 5.28. The third-order valence-electron chi connectivity index (χ3n) is 5.24. The van der Waals surface area contributed by atoms with Gasteiger partial charge in [-0.05, 0) is 36.7 Å². The molecule has 0 bridgehead atoms. The number of nitrogens with zero attached hydrogens (tertiary/aromatic N) is 2. The molecule has 0 amide bonds. The maximum atomic E-state index is 2.33. The zero-order valence-corrected chi connectivity index (χ0v) is 18.6. The third-order valence-corrected chi connectivity index (χ3v) is 7.73. The number of hydrogen-bond acceptors (Lipinski definition) is 2. The number of para-hydroxylation sites is 3. The average Bonchev–Trinajstić information content (AvgIpc) is 2.80. The van der Waals surface area contributed by atoms with E-state index in [-0.39, 0.29) is 0 Å². The Kier molecular flexibility index (Phi) is 6.16. The summed E-state index contributed by atoms with van der Waals surface area (Å²) in [6.07, 6.45) is 0. The van der Waals surface area contributed by atoms with Gasteiger partial charge in [-0.25, -0.2) is 0 Å². The van der Waals surface area contributed by atoms with Crippen molar-refractivity contribution in [2.45, 2.75) is 0 Å². The molecule has 150 valence electrons. The van der Waals surface area contributed by atoms with Gasteiger partial charge in [-0.3, -0.25) is 0 Å². The topological polar surface area (TPSA) is 6.48 Å². The minimum Gasteiger partial charge on any atom is -0.376 e. The van der Waals surface area contributed by atoms with Crippen molar-refractivity contribution in [3.8, 4) is 0 Å². The molecule has 0 N–H and O–H groups in total. The predicted molar refractivity (Wildman–Crippen MR) is 134 cm³/mol. The number of benzene rings is 4. The lowest BCUT2D eigenvalue weighted by molar-refractivity contribution is 1.10. The van der Waals surface area contributed by atoms with E-state index in [2.05, 4.69) is 140 Å². The van der Waals surface area contributed by atoms with Crippen molar-refractivity contribution in [1.29, 1.82) is 0 Å². The highest BCUT2D eigenvalue weighted by atomic mass is 31.1. The summed E-state index contributed by atoms with van der Waals surface area (Å²) in [6.45, 7) is 0. The normalized spacial score (nSPS) is 10.8. The highest BCUT2D eigenvalue weighted by molar-refractivity contribution is 7.80. The lowest BCUT2D eigenvalue weighted by atomic mass is 10.2. The summed E-state index contributed by atoms with van der Waals surface area (Å²) >= 11 is 0. The molecular weight excluding hydrogens is 383 g/mol. The van der Waals surface area contributed by atoms with E-state index < -0.39 is 7.92 Å². The van der Waals surface area contributed by atoms with E-state index in [0.717, 1.165) is 0 Å². The Bertz CT molecular complexity index is 1050. The van der Waals surface area contributed by atoms with Crippen molar-refractivity contribution in [2.24, 2.45) is 0 Å². The first kappa shape index (κ1) is 20.2. The van der Waals surface area contributed by atoms with Crippen molar-refractivity contribution in [3.05, 3.63) is 109 Å². The Balaban J connectivity index is 1.88. The Morgan fingerprint density at radius 2 is 0.900 bits per heavy atom. The van der Waals surface area contributed by atoms with Gasteiger partial charge in [-0.1, -0.05) is 91.0 Å². The highest BCUT2D eigenvalue weighted by Gasteiger charge is 2.22. The van der Waals surface area contributed by atoms with Gasteiger partial charge in [0.15, 0.2) is 0 Å². The van der Waals surface area contributed by atoms with Crippen molar-refractivity contribution in [1.82, 2.24) is 0 Å². The SMILES string of the molecule is CN(C)c1ccccc1N(C)c1ccccc1P(c1ccccc1)c1ccccc1. The molecule has 0 fully saturated rings. The summed E-state index contributed by atoms with van der Waals surface area (Å²) in [4.78, 5) is 4.50. The molecule has 0 aromatic heterocycles. The van der Waals surface area contributed by atoms with Gasteiger partial charge in [-0.2, -0.15) is 0 Å². The van der Waals surface area contributed by atoms with Crippen LogP contribution in [0.4, 0.5) is 17.1 Å². The lowest BCUT2D eigenvalue weighted by Crippen LogP contribution is -2.26. The molecule has 0 spiro atoms. The van der Waals surface area contributed by atoms with Gasteiger partial charge in [0.25, 0.3) is 0 Å². The van der Waals surface area contributed by atoms with E-state index in [1.165, 1.54) is 33.0 Å². The van der Waals surface area contributed by atoms with Crippen molar-refractivity contribution < 1.29 is 0 Å². The van der Waals surface area contributed by atoms with E-state index in [4.69, 9.17) is 0 Å². The fraction of sp³-hybridized carbons (Fsp3) is 0.111. The van der Waals surface area contributed by atoms with Crippen LogP contribution in [0.25, 0.3) is 0 Å². The van der Waals surface area contributed by atoms with Gasteiger partial charge in [0.2, 0.25) is 0 Å². The Hall–Kier alpha value is -3.09. The van der Waals surface area contributed by atoms with Gasteiger partial charge < -0.3 is 9.80 Å². The highest BCUT2D eigenvalue weighted by Crippen LogP contribution is 2.39. The van der Waals surface area contributed by atoms with Gasteiger partial charge in [0.05, 0.1) is 11.4 Å². The molecule has 4 rings (SSSR count). The molecule has 0 aliphatic carbocycles. The summed E-state index contributed by atoms with van der Waals surface area (Å²) < 4.78 is 0. The number of rotatable bonds is 6. The molecule has 4 aromatic carbocycles. The summed E-state index contributed by atoms with van der Waals surface area (Å²) in [5, 5.41) is 4.09. The summed E-state index contributed by atoms with van der Waals surface area (Å²) in [5.74, 6) is 0. The Labute approximate surface area is 181 Å². The monoisotopic (exact) mass is 410 g/mol. The molecule has 2 nitrogen and oxygen atoms in total. The van der Waals surface area contributed by atoms with Crippen LogP contribution in [0.2, 0.25) is 0 Å². The van der Waals surface area contributed by atoms with E-state index in [1.807, 2.05) is 0 Å². The number of anilines is 3. The van der Waals surface area contributed by atoms with Crippen LogP contribution in [0.1, 0.15) is 0 Å². The third kappa shape index (κ3) is 4.10. The molecule has 0 aliphatic heterocycles. The Morgan fingerprint density at radius 1 is 0.467 bits per heavy atom. The standard InChI is InChI=1S/C27H27N2P/c1-28(2)24-18-10-11-19-25(24)29(3)26-20-12-13-21-27(26)30(22-14-6-4-7-15-22)23-16-8-5-9-17-23/h4-21H,1-3H3. The van der Waals surface area contributed by atoms with Crippen LogP contribution in [0.3, 0.4) is 0 Å². The first-order valence-electron chi connectivity index (χ1n) is 10.2. The first-order valence-corrected chi connectivity index (χ1v) is 11.5. The zero-order valence-electron chi connectivity index (χ0n) is 17.7. The fourth-order valence-corrected chi connectivity index (χ4v) is 6.26. The molecule has 0 unspecified atom stereocenters. The van der Waals surface area contributed by atoms with Crippen LogP contribution < -0.4 is 25.7 Å². The molecule has 30 heavy (non-hydrogen) atoms. The second kappa shape index (κ2) is 9.15. The Morgan fingerprint density at radius 3 is 1.43 bits per heavy atom. The van der Waals surface area contributed by atoms with Gasteiger partial charge >= 0.3 is 0 Å². The second-order valence-electron chi connectivity index (χ2n) is 7.44. The quantitative estimate of drug-likeness (QED) is 0.399. The maximum Gasteiger partial charge on any atom is 0.0645 e. The molecule has 0 heterocycles. The van der Waals surface area contributed by atoms with Crippen LogP contribution in [0.15, 0.2) is 109 Å². The second-order valence-corrected chi connectivity index (χ2v) is 9.62. The molecule has 0 saturated heterocycles. The van der Waals surface area contributed by atoms with E-state index in [9.17, 15) is 0 Å². The molecule has 3 heteroatoms. The van der Waals surface area contributed by atoms with Crippen molar-refractivity contribution in [3.63, 3.8) is 0 Å². The first-order chi connectivity index (χ1) is 14.7. The summed E-state index contributed by atoms with van der Waals surface area (Å²) in [6, 6.07) is 39.1. The van der Waals surface area contributed by atoms with Gasteiger partial charge in [-0.15, -0.1) is 0 Å². The molecule has 0 radical (unpaired) electrons. The molecular formula is C27H27N2P. The molecule has 0 atom stereocenters. The fourth-order valence-electron chi connectivity index (χ4n) is 3.77. The summed E-state index contributed by atoms with van der Waals surface area (Å²) in [5.41, 5.74) is 3.65. The minimum absolute atomic E-state index is 0.670. The molecule has 0 aliphatic rings. The van der Waals surface area contributed by atoms with Crippen molar-refractivity contribution in [2.75, 3.05) is 30.9 Å². The van der Waals surface area contributed by atoms with Gasteiger partial charge in [0.1, 0.15) is 0 Å². The molecule has 4 aromatic rings. The maximum absolute atomic E-state index is 2.33. The van der Waals surface area contributed by atoms with E-state index in [1.54, 1.807) is 0 Å². The average molecular weight is 411 g/mol. The van der Waals surface area contributed by atoms with E-state index in [0.29, 0.717) is 0 Å². The summed E-state index contributed by atoms with van der Waals surface area (Å²) in [7, 11) is 5.69. The minimum atomic E-state index is -0.670. The van der Waals surface area contributed by atoms with Crippen LogP contribution >= 0.6 is 7.92 Å². The van der Waals surface area contributed by atoms with Crippen LogP contribution in [0, 0.1) is 0 Å². The van der Waals surface area contributed by atoms with Gasteiger partial charge in [0, 0.05) is 32.1 Å². The van der Waals surface area contributed by atoms with Crippen LogP contribution in [-0.2, 0) is 0 Å². The molecule has 0 saturated carbocycles. The van der Waals surface area contributed by atoms with Crippen LogP contribution in [-0.4, -0.2) is 21.1 Å². The van der Waals surface area contributed by atoms with E-state index >= 15 is 0 Å². The zero-order chi connectivity index (χ0) is 20.9. The largest absolute Gasteiger partial charge is 0.376 e. The van der Waals surface area contributed by atoms with Crippen molar-refractivity contribution >= 4 is 40.9 Å². The smallest absolute Gasteiger partial charge is 0.0645 e. The lowest BCUT2D eigenvalue weighted by Gasteiger charge is -2.30. The van der Waals surface area contributed by atoms with Crippen LogP contribution in [0.5, 0.6) is 0 Å².